The molecule has 1 amide bonds. The molecule has 1 fully saturated rings. The maximum absolute atomic E-state index is 12.0. The number of carbonyl (C=O) groups excluding carboxylic acids is 1. The number of aliphatic carboxylic acids is 1. The SMILES string of the molecule is CC(CN(C)C(=O)C1CCCC1C)C(=O)O. The molecule has 0 radical (unpaired) electrons. The van der Waals surface area contributed by atoms with Crippen molar-refractivity contribution in [3.05, 3.63) is 0 Å². The van der Waals surface area contributed by atoms with Gasteiger partial charge in [-0.3, -0.25) is 9.59 Å². The van der Waals surface area contributed by atoms with Gasteiger partial charge in [-0.05, 0) is 18.8 Å². The van der Waals surface area contributed by atoms with Crippen LogP contribution in [0.1, 0.15) is 33.1 Å². The zero-order valence-corrected chi connectivity index (χ0v) is 10.3. The standard InChI is InChI=1S/C12H21NO3/c1-8-5-4-6-10(8)11(14)13(3)7-9(2)12(15)16/h8-10H,4-7H2,1-3H3,(H,15,16). The number of carboxylic acid groups (broad SMARTS) is 1. The fourth-order valence-electron chi connectivity index (χ4n) is 2.37. The normalized spacial score (nSPS) is 26.4. The molecule has 1 aliphatic carbocycles. The molecule has 4 nitrogen and oxygen atoms in total. The Bertz CT molecular complexity index is 277. The van der Waals surface area contributed by atoms with Gasteiger partial charge in [0, 0.05) is 19.5 Å². The Hall–Kier alpha value is -1.06. The first-order valence-electron chi connectivity index (χ1n) is 5.91. The van der Waals surface area contributed by atoms with E-state index in [9.17, 15) is 9.59 Å². The van der Waals surface area contributed by atoms with E-state index >= 15 is 0 Å². The molecular weight excluding hydrogens is 206 g/mol. The molecule has 16 heavy (non-hydrogen) atoms. The molecule has 3 unspecified atom stereocenters. The largest absolute Gasteiger partial charge is 0.481 e. The van der Waals surface area contributed by atoms with Crippen LogP contribution in [0, 0.1) is 17.8 Å². The highest BCUT2D eigenvalue weighted by Crippen LogP contribution is 2.32. The summed E-state index contributed by atoms with van der Waals surface area (Å²) in [5, 5.41) is 8.79. The monoisotopic (exact) mass is 227 g/mol. The van der Waals surface area contributed by atoms with Gasteiger partial charge in [-0.15, -0.1) is 0 Å². The van der Waals surface area contributed by atoms with Crippen LogP contribution in [-0.4, -0.2) is 35.5 Å². The summed E-state index contributed by atoms with van der Waals surface area (Å²) in [6.07, 6.45) is 3.17. The third-order valence-corrected chi connectivity index (χ3v) is 3.52. The summed E-state index contributed by atoms with van der Waals surface area (Å²) in [6.45, 7) is 4.03. The number of carboxylic acids is 1. The summed E-state index contributed by atoms with van der Waals surface area (Å²) < 4.78 is 0. The van der Waals surface area contributed by atoms with Gasteiger partial charge >= 0.3 is 5.97 Å². The molecule has 4 heteroatoms. The second-order valence-corrected chi connectivity index (χ2v) is 4.97. The lowest BCUT2D eigenvalue weighted by Gasteiger charge is -2.24. The molecule has 3 atom stereocenters. The topological polar surface area (TPSA) is 57.6 Å². The van der Waals surface area contributed by atoms with E-state index in [0.717, 1.165) is 19.3 Å². The predicted octanol–water partition coefficient (Wildman–Crippen LogP) is 1.60. The maximum atomic E-state index is 12.0. The fourth-order valence-corrected chi connectivity index (χ4v) is 2.37. The molecule has 1 rings (SSSR count). The molecule has 0 saturated heterocycles. The Labute approximate surface area is 96.6 Å². The van der Waals surface area contributed by atoms with Crippen LogP contribution in [-0.2, 0) is 9.59 Å². The van der Waals surface area contributed by atoms with Gasteiger partial charge < -0.3 is 10.0 Å². The van der Waals surface area contributed by atoms with E-state index in [-0.39, 0.29) is 11.8 Å². The number of carbonyl (C=O) groups is 2. The van der Waals surface area contributed by atoms with Gasteiger partial charge in [-0.25, -0.2) is 0 Å². The number of nitrogens with zero attached hydrogens (tertiary/aromatic N) is 1. The Morgan fingerprint density at radius 3 is 2.50 bits per heavy atom. The van der Waals surface area contributed by atoms with E-state index < -0.39 is 11.9 Å². The van der Waals surface area contributed by atoms with Crippen molar-refractivity contribution >= 4 is 11.9 Å². The van der Waals surface area contributed by atoms with Crippen molar-refractivity contribution in [1.82, 2.24) is 4.90 Å². The average Bonchev–Trinajstić information content (AvgIpc) is 2.62. The Balaban J connectivity index is 2.50. The number of rotatable bonds is 4. The smallest absolute Gasteiger partial charge is 0.308 e. The summed E-state index contributed by atoms with van der Waals surface area (Å²) in [7, 11) is 1.70. The lowest BCUT2D eigenvalue weighted by atomic mass is 9.96. The van der Waals surface area contributed by atoms with Crippen molar-refractivity contribution in [3.63, 3.8) is 0 Å². The Morgan fingerprint density at radius 2 is 2.06 bits per heavy atom. The second kappa shape index (κ2) is 5.32. The van der Waals surface area contributed by atoms with Crippen molar-refractivity contribution in [2.24, 2.45) is 17.8 Å². The molecule has 0 aromatic heterocycles. The summed E-state index contributed by atoms with van der Waals surface area (Å²) in [4.78, 5) is 24.3. The maximum Gasteiger partial charge on any atom is 0.308 e. The minimum Gasteiger partial charge on any atom is -0.481 e. The van der Waals surface area contributed by atoms with E-state index in [1.165, 1.54) is 0 Å². The molecular formula is C12H21NO3. The van der Waals surface area contributed by atoms with Gasteiger partial charge in [0.05, 0.1) is 5.92 Å². The van der Waals surface area contributed by atoms with Crippen LogP contribution in [0.3, 0.4) is 0 Å². The van der Waals surface area contributed by atoms with E-state index in [2.05, 4.69) is 6.92 Å². The van der Waals surface area contributed by atoms with E-state index in [4.69, 9.17) is 5.11 Å². The lowest BCUT2D eigenvalue weighted by Crippen LogP contribution is -2.38. The Morgan fingerprint density at radius 1 is 1.44 bits per heavy atom. The molecule has 0 heterocycles. The molecule has 1 N–H and O–H groups in total. The van der Waals surface area contributed by atoms with E-state index in [1.54, 1.807) is 18.9 Å². The van der Waals surface area contributed by atoms with Gasteiger partial charge in [0.2, 0.25) is 5.91 Å². The van der Waals surface area contributed by atoms with Crippen LogP contribution >= 0.6 is 0 Å². The molecule has 0 aliphatic heterocycles. The molecule has 1 aliphatic rings. The van der Waals surface area contributed by atoms with Crippen molar-refractivity contribution in [1.29, 1.82) is 0 Å². The van der Waals surface area contributed by atoms with Crippen LogP contribution in [0.4, 0.5) is 0 Å². The average molecular weight is 227 g/mol. The highest BCUT2D eigenvalue weighted by molar-refractivity contribution is 5.80. The van der Waals surface area contributed by atoms with Gasteiger partial charge in [-0.2, -0.15) is 0 Å². The van der Waals surface area contributed by atoms with Crippen LogP contribution in [0.2, 0.25) is 0 Å². The lowest BCUT2D eigenvalue weighted by molar-refractivity contribution is -0.143. The van der Waals surface area contributed by atoms with Gasteiger partial charge in [-0.1, -0.05) is 20.3 Å². The third kappa shape index (κ3) is 2.97. The highest BCUT2D eigenvalue weighted by atomic mass is 16.4. The fraction of sp³-hybridized carbons (Fsp3) is 0.833. The van der Waals surface area contributed by atoms with Gasteiger partial charge in [0.25, 0.3) is 0 Å². The molecule has 0 bridgehead atoms. The van der Waals surface area contributed by atoms with E-state index in [1.807, 2.05) is 0 Å². The first-order valence-corrected chi connectivity index (χ1v) is 5.91. The zero-order chi connectivity index (χ0) is 12.3. The second-order valence-electron chi connectivity index (χ2n) is 4.97. The number of amides is 1. The predicted molar refractivity (Wildman–Crippen MR) is 60.9 cm³/mol. The molecule has 92 valence electrons. The Kier molecular flexibility index (Phi) is 4.33. The summed E-state index contributed by atoms with van der Waals surface area (Å²) in [5.41, 5.74) is 0. The quantitative estimate of drug-likeness (QED) is 0.793. The van der Waals surface area contributed by atoms with Crippen LogP contribution < -0.4 is 0 Å². The number of hydrogen-bond acceptors (Lipinski definition) is 2. The summed E-state index contributed by atoms with van der Waals surface area (Å²) in [5.74, 6) is -0.691. The molecule has 0 aromatic carbocycles. The third-order valence-electron chi connectivity index (χ3n) is 3.52. The first kappa shape index (κ1) is 13.0. The first-order chi connectivity index (χ1) is 7.43. The van der Waals surface area contributed by atoms with E-state index in [0.29, 0.717) is 12.5 Å². The van der Waals surface area contributed by atoms with Crippen LogP contribution in [0.25, 0.3) is 0 Å². The van der Waals surface area contributed by atoms with Crippen molar-refractivity contribution in [3.8, 4) is 0 Å². The van der Waals surface area contributed by atoms with Crippen molar-refractivity contribution < 1.29 is 14.7 Å². The molecule has 0 aromatic rings. The van der Waals surface area contributed by atoms with Crippen LogP contribution in [0.5, 0.6) is 0 Å². The summed E-state index contributed by atoms with van der Waals surface area (Å²) in [6, 6.07) is 0. The van der Waals surface area contributed by atoms with Crippen LogP contribution in [0.15, 0.2) is 0 Å². The van der Waals surface area contributed by atoms with Crippen molar-refractivity contribution in [2.45, 2.75) is 33.1 Å². The highest BCUT2D eigenvalue weighted by Gasteiger charge is 2.32. The summed E-state index contributed by atoms with van der Waals surface area (Å²) >= 11 is 0. The molecule has 1 saturated carbocycles. The zero-order valence-electron chi connectivity index (χ0n) is 10.3. The minimum atomic E-state index is -0.848. The van der Waals surface area contributed by atoms with Crippen molar-refractivity contribution in [2.75, 3.05) is 13.6 Å². The number of hydrogen-bond donors (Lipinski definition) is 1. The van der Waals surface area contributed by atoms with Gasteiger partial charge in [0.1, 0.15) is 0 Å². The molecule has 0 spiro atoms. The minimum absolute atomic E-state index is 0.103. The van der Waals surface area contributed by atoms with Gasteiger partial charge in [0.15, 0.2) is 0 Å².